The Morgan fingerprint density at radius 3 is 2.48 bits per heavy atom. The lowest BCUT2D eigenvalue weighted by Gasteiger charge is -2.12. The standard InChI is InChI=1S/C21H20N4O3S/c22-25-20(19-7-4-12-27-19)23-24-21(25)29-14-17(26)13-28-18-10-8-16(9-11-18)15-5-2-1-3-6-15/h1-12,17,26H,13-14,22H2. The van der Waals surface area contributed by atoms with E-state index in [9.17, 15) is 5.11 Å². The third-order valence-electron chi connectivity index (χ3n) is 4.21. The molecule has 0 saturated carbocycles. The topological polar surface area (TPSA) is 99.3 Å². The van der Waals surface area contributed by atoms with Crippen LogP contribution in [0.4, 0.5) is 0 Å². The maximum Gasteiger partial charge on any atom is 0.218 e. The molecule has 0 radical (unpaired) electrons. The summed E-state index contributed by atoms with van der Waals surface area (Å²) in [6.45, 7) is 0.168. The van der Waals surface area contributed by atoms with Crippen LogP contribution in [0.1, 0.15) is 0 Å². The molecule has 148 valence electrons. The Labute approximate surface area is 172 Å². The number of nitrogens with two attached hydrogens (primary N) is 1. The quantitative estimate of drug-likeness (QED) is 0.340. The molecule has 0 bridgehead atoms. The van der Waals surface area contributed by atoms with E-state index in [4.69, 9.17) is 15.0 Å². The summed E-state index contributed by atoms with van der Waals surface area (Å²) in [6.07, 6.45) is 0.863. The van der Waals surface area contributed by atoms with Crippen LogP contribution in [-0.2, 0) is 0 Å². The van der Waals surface area contributed by atoms with Crippen molar-refractivity contribution in [3.8, 4) is 28.5 Å². The fraction of sp³-hybridized carbons (Fsp3) is 0.143. The predicted octanol–water partition coefficient (Wildman–Crippen LogP) is 3.45. The van der Waals surface area contributed by atoms with Gasteiger partial charge in [-0.15, -0.1) is 10.2 Å². The summed E-state index contributed by atoms with van der Waals surface area (Å²) in [6, 6.07) is 21.4. The Hall–Kier alpha value is -3.23. The Morgan fingerprint density at radius 2 is 1.76 bits per heavy atom. The van der Waals surface area contributed by atoms with Crippen LogP contribution in [0, 0.1) is 0 Å². The van der Waals surface area contributed by atoms with Crippen molar-refractivity contribution in [3.63, 3.8) is 0 Å². The van der Waals surface area contributed by atoms with Gasteiger partial charge in [-0.05, 0) is 35.4 Å². The molecule has 0 aliphatic carbocycles. The lowest BCUT2D eigenvalue weighted by Crippen LogP contribution is -2.21. The van der Waals surface area contributed by atoms with Crippen LogP contribution in [0.25, 0.3) is 22.7 Å². The van der Waals surface area contributed by atoms with E-state index in [0.717, 1.165) is 11.1 Å². The van der Waals surface area contributed by atoms with Crippen LogP contribution in [0.15, 0.2) is 82.6 Å². The minimum atomic E-state index is -0.683. The first kappa shape index (κ1) is 19.1. The minimum absolute atomic E-state index is 0.168. The molecule has 4 rings (SSSR count). The second-order valence-electron chi connectivity index (χ2n) is 6.32. The van der Waals surface area contributed by atoms with E-state index >= 15 is 0 Å². The fourth-order valence-corrected chi connectivity index (χ4v) is 3.50. The number of nitrogen functional groups attached to an aromatic ring is 1. The highest BCUT2D eigenvalue weighted by Crippen LogP contribution is 2.24. The van der Waals surface area contributed by atoms with E-state index in [1.165, 1.54) is 16.4 Å². The number of hydrogen-bond acceptors (Lipinski definition) is 7. The summed E-state index contributed by atoms with van der Waals surface area (Å²) in [5.41, 5.74) is 2.26. The Morgan fingerprint density at radius 1 is 1.00 bits per heavy atom. The van der Waals surface area contributed by atoms with Gasteiger partial charge in [-0.25, -0.2) is 4.68 Å². The average Bonchev–Trinajstić information content (AvgIpc) is 3.41. The summed E-state index contributed by atoms with van der Waals surface area (Å²) in [5, 5.41) is 18.8. The van der Waals surface area contributed by atoms with Crippen molar-refractivity contribution < 1.29 is 14.3 Å². The first-order valence-electron chi connectivity index (χ1n) is 9.04. The Bertz CT molecular complexity index is 1030. The zero-order valence-corrected chi connectivity index (χ0v) is 16.3. The van der Waals surface area contributed by atoms with Gasteiger partial charge >= 0.3 is 0 Å². The molecule has 2 aromatic carbocycles. The van der Waals surface area contributed by atoms with E-state index in [1.54, 1.807) is 18.4 Å². The van der Waals surface area contributed by atoms with Gasteiger partial charge in [0.1, 0.15) is 12.4 Å². The molecule has 1 unspecified atom stereocenters. The number of nitrogens with zero attached hydrogens (tertiary/aromatic N) is 3. The van der Waals surface area contributed by atoms with E-state index in [0.29, 0.717) is 28.2 Å². The van der Waals surface area contributed by atoms with Crippen molar-refractivity contribution in [2.75, 3.05) is 18.2 Å². The first-order chi connectivity index (χ1) is 14.2. The van der Waals surface area contributed by atoms with Gasteiger partial charge in [0.05, 0.1) is 12.4 Å². The highest BCUT2D eigenvalue weighted by atomic mass is 32.2. The molecule has 0 aliphatic heterocycles. The zero-order valence-electron chi connectivity index (χ0n) is 15.5. The third kappa shape index (κ3) is 4.61. The average molecular weight is 408 g/mol. The number of aromatic nitrogens is 3. The molecule has 2 aromatic heterocycles. The normalized spacial score (nSPS) is 12.0. The second-order valence-corrected chi connectivity index (χ2v) is 7.31. The molecule has 0 amide bonds. The number of rotatable bonds is 8. The van der Waals surface area contributed by atoms with Crippen molar-refractivity contribution in [1.82, 2.24) is 14.9 Å². The smallest absolute Gasteiger partial charge is 0.218 e. The van der Waals surface area contributed by atoms with Crippen LogP contribution >= 0.6 is 11.8 Å². The van der Waals surface area contributed by atoms with Crippen LogP contribution in [0.3, 0.4) is 0 Å². The van der Waals surface area contributed by atoms with E-state index in [2.05, 4.69) is 22.3 Å². The summed E-state index contributed by atoms with van der Waals surface area (Å²) in [7, 11) is 0. The third-order valence-corrected chi connectivity index (χ3v) is 5.30. The molecular formula is C21H20N4O3S. The maximum atomic E-state index is 10.2. The number of hydrogen-bond donors (Lipinski definition) is 2. The summed E-state index contributed by atoms with van der Waals surface area (Å²) in [4.78, 5) is 0. The zero-order chi connectivity index (χ0) is 20.1. The molecule has 0 saturated heterocycles. The number of thioether (sulfide) groups is 1. The van der Waals surface area contributed by atoms with Crippen LogP contribution in [-0.4, -0.2) is 38.4 Å². The SMILES string of the molecule is Nn1c(SCC(O)COc2ccc(-c3ccccc3)cc2)nnc1-c1ccco1. The van der Waals surface area contributed by atoms with Crippen molar-refractivity contribution in [2.45, 2.75) is 11.3 Å². The molecule has 8 heteroatoms. The highest BCUT2D eigenvalue weighted by molar-refractivity contribution is 7.99. The van der Waals surface area contributed by atoms with Gasteiger partial charge in [0.15, 0.2) is 5.76 Å². The van der Waals surface area contributed by atoms with E-state index in [-0.39, 0.29) is 6.61 Å². The van der Waals surface area contributed by atoms with Crippen molar-refractivity contribution in [2.24, 2.45) is 0 Å². The molecule has 4 aromatic rings. The van der Waals surface area contributed by atoms with Gasteiger partial charge in [0, 0.05) is 5.75 Å². The number of furan rings is 1. The van der Waals surface area contributed by atoms with Crippen molar-refractivity contribution >= 4 is 11.8 Å². The molecule has 7 nitrogen and oxygen atoms in total. The van der Waals surface area contributed by atoms with Crippen LogP contribution < -0.4 is 10.6 Å². The number of aliphatic hydroxyl groups is 1. The molecule has 29 heavy (non-hydrogen) atoms. The fourth-order valence-electron chi connectivity index (χ4n) is 2.73. The molecule has 3 N–H and O–H groups in total. The van der Waals surface area contributed by atoms with Gasteiger partial charge in [-0.3, -0.25) is 0 Å². The minimum Gasteiger partial charge on any atom is -0.491 e. The van der Waals surface area contributed by atoms with Crippen molar-refractivity contribution in [1.29, 1.82) is 0 Å². The molecule has 2 heterocycles. The number of ether oxygens (including phenoxy) is 1. The van der Waals surface area contributed by atoms with Gasteiger partial charge in [-0.1, -0.05) is 54.2 Å². The van der Waals surface area contributed by atoms with Gasteiger partial charge in [0.2, 0.25) is 11.0 Å². The van der Waals surface area contributed by atoms with Gasteiger partial charge in [-0.2, -0.15) is 0 Å². The van der Waals surface area contributed by atoms with Gasteiger partial charge in [0.25, 0.3) is 0 Å². The summed E-state index contributed by atoms with van der Waals surface area (Å²) >= 11 is 1.30. The predicted molar refractivity (Wildman–Crippen MR) is 112 cm³/mol. The van der Waals surface area contributed by atoms with Crippen LogP contribution in [0.5, 0.6) is 5.75 Å². The number of aliphatic hydroxyl groups excluding tert-OH is 1. The first-order valence-corrected chi connectivity index (χ1v) is 10.0. The monoisotopic (exact) mass is 408 g/mol. The molecule has 0 spiro atoms. The Balaban J connectivity index is 1.28. The van der Waals surface area contributed by atoms with Gasteiger partial charge < -0.3 is 20.1 Å². The largest absolute Gasteiger partial charge is 0.491 e. The Kier molecular flexibility index (Phi) is 5.83. The lowest BCUT2D eigenvalue weighted by atomic mass is 10.1. The maximum absolute atomic E-state index is 10.2. The molecule has 1 atom stereocenters. The lowest BCUT2D eigenvalue weighted by molar-refractivity contribution is 0.126. The molecule has 0 aliphatic rings. The molecule has 0 fully saturated rings. The molecular weight excluding hydrogens is 388 g/mol. The highest BCUT2D eigenvalue weighted by Gasteiger charge is 2.16. The second kappa shape index (κ2) is 8.85. The van der Waals surface area contributed by atoms with E-state index in [1.807, 2.05) is 42.5 Å². The van der Waals surface area contributed by atoms with E-state index < -0.39 is 6.10 Å². The summed E-state index contributed by atoms with van der Waals surface area (Å²) in [5.74, 6) is 8.05. The summed E-state index contributed by atoms with van der Waals surface area (Å²) < 4.78 is 12.3. The number of benzene rings is 2. The van der Waals surface area contributed by atoms with Crippen molar-refractivity contribution in [3.05, 3.63) is 73.0 Å². The van der Waals surface area contributed by atoms with Crippen LogP contribution in [0.2, 0.25) is 0 Å².